The summed E-state index contributed by atoms with van der Waals surface area (Å²) in [4.78, 5) is 25.5. The van der Waals surface area contributed by atoms with Gasteiger partial charge in [0, 0.05) is 19.4 Å². The van der Waals surface area contributed by atoms with Crippen LogP contribution in [-0.2, 0) is 23.8 Å². The fourth-order valence-electron chi connectivity index (χ4n) is 8.47. The van der Waals surface area contributed by atoms with Gasteiger partial charge in [-0.3, -0.25) is 9.59 Å². The molecule has 1 atom stereocenters. The molecule has 0 N–H and O–H groups in total. The zero-order valence-electron chi connectivity index (χ0n) is 43.3. The van der Waals surface area contributed by atoms with Gasteiger partial charge in [0.15, 0.2) is 6.10 Å². The van der Waals surface area contributed by atoms with Gasteiger partial charge in [-0.2, -0.15) is 0 Å². The number of esters is 2. The number of unbranched alkanes of at least 4 members (excludes halogenated alkanes) is 36. The molecule has 0 saturated heterocycles. The Labute approximate surface area is 400 Å². The van der Waals surface area contributed by atoms with Crippen molar-refractivity contribution in [1.29, 1.82) is 0 Å². The average Bonchev–Trinajstić information content (AvgIpc) is 3.30. The van der Waals surface area contributed by atoms with E-state index < -0.39 is 6.10 Å². The van der Waals surface area contributed by atoms with E-state index in [2.05, 4.69) is 57.2 Å². The molecule has 0 radical (unpaired) electrons. The van der Waals surface area contributed by atoms with Crippen molar-refractivity contribution >= 4 is 11.9 Å². The fraction of sp³-hybridized carbons (Fsp3) is 0.864. The molecule has 0 aromatic carbocycles. The summed E-state index contributed by atoms with van der Waals surface area (Å²) in [7, 11) is 0. The third-order valence-corrected chi connectivity index (χ3v) is 12.7. The van der Waals surface area contributed by atoms with Crippen molar-refractivity contribution in [2.24, 2.45) is 0 Å². The molecule has 0 bridgehead atoms. The van der Waals surface area contributed by atoms with Crippen LogP contribution in [0.25, 0.3) is 0 Å². The molecule has 64 heavy (non-hydrogen) atoms. The number of carbonyl (C=O) groups is 2. The first-order valence-corrected chi connectivity index (χ1v) is 28.5. The molecular formula is C59H110O5. The smallest absolute Gasteiger partial charge is 0.306 e. The van der Waals surface area contributed by atoms with Gasteiger partial charge in [-0.1, -0.05) is 276 Å². The molecular weight excluding hydrogens is 789 g/mol. The van der Waals surface area contributed by atoms with Crippen molar-refractivity contribution in [3.8, 4) is 0 Å². The molecule has 0 aromatic heterocycles. The maximum absolute atomic E-state index is 12.8. The number of allylic oxidation sites excluding steroid dienone is 6. The minimum Gasteiger partial charge on any atom is -0.462 e. The largest absolute Gasteiger partial charge is 0.462 e. The second kappa shape index (κ2) is 55.4. The molecule has 0 spiro atoms. The van der Waals surface area contributed by atoms with Gasteiger partial charge in [0.1, 0.15) is 6.61 Å². The second-order valence-corrected chi connectivity index (χ2v) is 19.2. The first kappa shape index (κ1) is 62.1. The van der Waals surface area contributed by atoms with E-state index >= 15 is 0 Å². The Hall–Kier alpha value is -1.88. The van der Waals surface area contributed by atoms with E-state index in [1.54, 1.807) is 0 Å². The Kier molecular flexibility index (Phi) is 53.8. The molecule has 0 heterocycles. The normalized spacial score (nSPS) is 12.4. The number of hydrogen-bond donors (Lipinski definition) is 0. The molecule has 5 nitrogen and oxygen atoms in total. The maximum Gasteiger partial charge on any atom is 0.306 e. The lowest BCUT2D eigenvalue weighted by atomic mass is 10.0. The number of hydrogen-bond acceptors (Lipinski definition) is 5. The molecule has 0 fully saturated rings. The van der Waals surface area contributed by atoms with Crippen LogP contribution >= 0.6 is 0 Å². The van der Waals surface area contributed by atoms with Crippen LogP contribution in [-0.4, -0.2) is 37.9 Å². The zero-order valence-corrected chi connectivity index (χ0v) is 43.3. The SMILES string of the molecule is CC/C=C\C/C=C\C/C=C\CCCCCCCCCCOCC(COC(=O)CCCCCCCCCCCCCCCCC)OC(=O)CCCCCCCCCCCCCCCCC. The summed E-state index contributed by atoms with van der Waals surface area (Å²) in [6.45, 7) is 7.77. The predicted molar refractivity (Wildman–Crippen MR) is 279 cm³/mol. The van der Waals surface area contributed by atoms with E-state index in [0.29, 0.717) is 19.4 Å². The minimum atomic E-state index is -0.534. The van der Waals surface area contributed by atoms with Crippen molar-refractivity contribution in [3.63, 3.8) is 0 Å². The van der Waals surface area contributed by atoms with Crippen molar-refractivity contribution in [2.75, 3.05) is 19.8 Å². The third kappa shape index (κ3) is 52.7. The average molecular weight is 900 g/mol. The maximum atomic E-state index is 12.8. The highest BCUT2D eigenvalue weighted by Gasteiger charge is 2.17. The highest BCUT2D eigenvalue weighted by molar-refractivity contribution is 5.70. The summed E-state index contributed by atoms with van der Waals surface area (Å²) in [5.41, 5.74) is 0. The van der Waals surface area contributed by atoms with Crippen LogP contribution in [0.5, 0.6) is 0 Å². The van der Waals surface area contributed by atoms with E-state index in [9.17, 15) is 9.59 Å². The Morgan fingerprint density at radius 1 is 0.359 bits per heavy atom. The van der Waals surface area contributed by atoms with Crippen LogP contribution in [0.1, 0.15) is 303 Å². The van der Waals surface area contributed by atoms with Gasteiger partial charge >= 0.3 is 11.9 Å². The molecule has 1 unspecified atom stereocenters. The first-order valence-electron chi connectivity index (χ1n) is 28.5. The highest BCUT2D eigenvalue weighted by atomic mass is 16.6. The van der Waals surface area contributed by atoms with Gasteiger partial charge in [-0.15, -0.1) is 0 Å². The monoisotopic (exact) mass is 899 g/mol. The van der Waals surface area contributed by atoms with Gasteiger partial charge in [0.05, 0.1) is 6.61 Å². The molecule has 0 saturated carbocycles. The summed E-state index contributed by atoms with van der Waals surface area (Å²) in [6.07, 6.45) is 67.3. The molecule has 376 valence electrons. The lowest BCUT2D eigenvalue weighted by Crippen LogP contribution is -2.30. The molecule has 0 aliphatic rings. The molecule has 0 amide bonds. The van der Waals surface area contributed by atoms with Crippen LogP contribution in [0.2, 0.25) is 0 Å². The second-order valence-electron chi connectivity index (χ2n) is 19.2. The van der Waals surface area contributed by atoms with E-state index in [1.165, 1.54) is 212 Å². The van der Waals surface area contributed by atoms with Crippen molar-refractivity contribution < 1.29 is 23.8 Å². The van der Waals surface area contributed by atoms with E-state index in [1.807, 2.05) is 0 Å². The standard InChI is InChI=1S/C59H110O5/c1-4-7-10-13-16-19-22-25-28-29-30-33-36-39-42-45-48-51-54-62-55-57(64-59(61)53-50-47-44-41-38-35-32-27-24-21-18-15-12-9-6-3)56-63-58(60)52-49-46-43-40-37-34-31-26-23-20-17-14-11-8-5-2/h7,10,16,19,25,28,57H,4-6,8-9,11-15,17-18,20-24,26-27,29-56H2,1-3H3/b10-7-,19-16-,28-25-. The van der Waals surface area contributed by atoms with Gasteiger partial charge in [-0.05, 0) is 51.4 Å². The molecule has 0 aliphatic carbocycles. The first-order chi connectivity index (χ1) is 31.6. The lowest BCUT2D eigenvalue weighted by molar-refractivity contribution is -0.163. The van der Waals surface area contributed by atoms with Crippen LogP contribution in [0.3, 0.4) is 0 Å². The number of ether oxygens (including phenoxy) is 3. The van der Waals surface area contributed by atoms with E-state index in [-0.39, 0.29) is 25.2 Å². The quantitative estimate of drug-likeness (QED) is 0.0346. The number of rotatable bonds is 53. The Morgan fingerprint density at radius 2 is 0.703 bits per heavy atom. The van der Waals surface area contributed by atoms with Crippen LogP contribution < -0.4 is 0 Å². The van der Waals surface area contributed by atoms with Crippen molar-refractivity contribution in [1.82, 2.24) is 0 Å². The van der Waals surface area contributed by atoms with Crippen LogP contribution in [0.4, 0.5) is 0 Å². The van der Waals surface area contributed by atoms with E-state index in [4.69, 9.17) is 14.2 Å². The Bertz CT molecular complexity index is 1020. The summed E-state index contributed by atoms with van der Waals surface area (Å²) >= 11 is 0. The van der Waals surface area contributed by atoms with Gasteiger partial charge in [0.2, 0.25) is 0 Å². The van der Waals surface area contributed by atoms with Gasteiger partial charge in [-0.25, -0.2) is 0 Å². The summed E-state index contributed by atoms with van der Waals surface area (Å²) < 4.78 is 17.5. The van der Waals surface area contributed by atoms with E-state index in [0.717, 1.165) is 57.8 Å². The van der Waals surface area contributed by atoms with Gasteiger partial charge in [0.25, 0.3) is 0 Å². The Balaban J connectivity index is 4.23. The summed E-state index contributed by atoms with van der Waals surface area (Å²) in [6, 6.07) is 0. The van der Waals surface area contributed by atoms with Crippen molar-refractivity contribution in [2.45, 2.75) is 309 Å². The zero-order chi connectivity index (χ0) is 46.3. The van der Waals surface area contributed by atoms with Crippen molar-refractivity contribution in [3.05, 3.63) is 36.5 Å². The summed E-state index contributed by atoms with van der Waals surface area (Å²) in [5, 5.41) is 0. The van der Waals surface area contributed by atoms with Crippen LogP contribution in [0, 0.1) is 0 Å². The Morgan fingerprint density at radius 3 is 1.12 bits per heavy atom. The third-order valence-electron chi connectivity index (χ3n) is 12.7. The number of carbonyl (C=O) groups excluding carboxylic acids is 2. The summed E-state index contributed by atoms with van der Waals surface area (Å²) in [5.74, 6) is -0.380. The lowest BCUT2D eigenvalue weighted by Gasteiger charge is -2.18. The predicted octanol–water partition coefficient (Wildman–Crippen LogP) is 19.4. The van der Waals surface area contributed by atoms with Gasteiger partial charge < -0.3 is 14.2 Å². The molecule has 0 rings (SSSR count). The highest BCUT2D eigenvalue weighted by Crippen LogP contribution is 2.17. The molecule has 0 aromatic rings. The molecule has 0 aliphatic heterocycles. The minimum absolute atomic E-state index is 0.0892. The fourth-order valence-corrected chi connectivity index (χ4v) is 8.47. The van der Waals surface area contributed by atoms with Crippen LogP contribution in [0.15, 0.2) is 36.5 Å². The topological polar surface area (TPSA) is 61.8 Å². The molecule has 5 heteroatoms.